The molecule has 114 valence electrons. The average Bonchev–Trinajstić information content (AvgIpc) is 2.42. The van der Waals surface area contributed by atoms with Gasteiger partial charge >= 0.3 is 0 Å². The standard InChI is InChI=1S/C12H16O7.H2O/c13-5-8-9(15)10(16)11(17)12(19-8)18-7-3-1-6(14)2-4-7;/h1-4,8-17H,5H2;1H2/t8-,9-,10+,11-,12-;/m1./s1. The first-order valence-corrected chi connectivity index (χ1v) is 5.79. The van der Waals surface area contributed by atoms with Gasteiger partial charge in [0, 0.05) is 0 Å². The van der Waals surface area contributed by atoms with Crippen LogP contribution in [0.15, 0.2) is 24.3 Å². The summed E-state index contributed by atoms with van der Waals surface area (Å²) >= 11 is 0. The Labute approximate surface area is 114 Å². The average molecular weight is 290 g/mol. The zero-order valence-electron chi connectivity index (χ0n) is 10.5. The molecule has 1 aliphatic heterocycles. The second-order valence-electron chi connectivity index (χ2n) is 4.31. The summed E-state index contributed by atoms with van der Waals surface area (Å²) in [6.45, 7) is -0.514. The molecule has 8 heteroatoms. The van der Waals surface area contributed by atoms with E-state index in [1.54, 1.807) is 0 Å². The number of hydrogen-bond donors (Lipinski definition) is 5. The van der Waals surface area contributed by atoms with Crippen LogP contribution in [0, 0.1) is 0 Å². The van der Waals surface area contributed by atoms with Gasteiger partial charge in [0.05, 0.1) is 6.61 Å². The molecule has 0 bridgehead atoms. The second kappa shape index (κ2) is 6.84. The lowest BCUT2D eigenvalue weighted by Gasteiger charge is -2.39. The van der Waals surface area contributed by atoms with Gasteiger partial charge in [-0.2, -0.15) is 0 Å². The molecular formula is C12H18O8. The summed E-state index contributed by atoms with van der Waals surface area (Å²) < 4.78 is 10.5. The van der Waals surface area contributed by atoms with E-state index in [1.807, 2.05) is 0 Å². The van der Waals surface area contributed by atoms with E-state index in [-0.39, 0.29) is 11.2 Å². The van der Waals surface area contributed by atoms with Gasteiger partial charge < -0.3 is 40.5 Å². The normalized spacial score (nSPS) is 33.3. The molecule has 5 atom stereocenters. The number of hydrogen-bond acceptors (Lipinski definition) is 7. The summed E-state index contributed by atoms with van der Waals surface area (Å²) in [5.74, 6) is 0.364. The van der Waals surface area contributed by atoms with Gasteiger partial charge in [-0.1, -0.05) is 0 Å². The van der Waals surface area contributed by atoms with Crippen molar-refractivity contribution < 1.29 is 40.5 Å². The Balaban J connectivity index is 0.00000200. The Morgan fingerprint density at radius 1 is 1.00 bits per heavy atom. The van der Waals surface area contributed by atoms with Crippen LogP contribution in [-0.4, -0.2) is 68.3 Å². The lowest BCUT2D eigenvalue weighted by Crippen LogP contribution is -2.60. The maximum absolute atomic E-state index is 9.75. The van der Waals surface area contributed by atoms with E-state index < -0.39 is 37.3 Å². The van der Waals surface area contributed by atoms with Gasteiger partial charge in [-0.15, -0.1) is 0 Å². The molecule has 1 aliphatic rings. The van der Waals surface area contributed by atoms with Gasteiger partial charge in [0.25, 0.3) is 0 Å². The highest BCUT2D eigenvalue weighted by atomic mass is 16.7. The van der Waals surface area contributed by atoms with Gasteiger partial charge in [-0.25, -0.2) is 0 Å². The van der Waals surface area contributed by atoms with Gasteiger partial charge in [0.1, 0.15) is 35.9 Å². The molecule has 0 saturated carbocycles. The molecule has 0 unspecified atom stereocenters. The highest BCUT2D eigenvalue weighted by molar-refractivity contribution is 5.30. The van der Waals surface area contributed by atoms with Gasteiger partial charge in [-0.3, -0.25) is 0 Å². The number of benzene rings is 1. The Hall–Kier alpha value is -1.42. The van der Waals surface area contributed by atoms with Crippen LogP contribution < -0.4 is 4.74 Å². The first kappa shape index (κ1) is 16.6. The van der Waals surface area contributed by atoms with E-state index in [2.05, 4.69) is 0 Å². The predicted molar refractivity (Wildman–Crippen MR) is 66.1 cm³/mol. The quantitative estimate of drug-likeness (QED) is 0.421. The number of ether oxygens (including phenoxy) is 2. The minimum atomic E-state index is -1.48. The molecule has 2 rings (SSSR count). The van der Waals surface area contributed by atoms with Crippen molar-refractivity contribution >= 4 is 0 Å². The summed E-state index contributed by atoms with van der Waals surface area (Å²) in [6, 6.07) is 5.69. The summed E-state index contributed by atoms with van der Waals surface area (Å²) in [5.41, 5.74) is 0. The van der Waals surface area contributed by atoms with E-state index in [1.165, 1.54) is 24.3 Å². The molecule has 1 aromatic rings. The van der Waals surface area contributed by atoms with Crippen molar-refractivity contribution in [2.45, 2.75) is 30.7 Å². The number of phenols is 1. The Morgan fingerprint density at radius 3 is 2.15 bits per heavy atom. The summed E-state index contributed by atoms with van der Waals surface area (Å²) in [4.78, 5) is 0. The molecule has 1 heterocycles. The third kappa shape index (κ3) is 3.37. The van der Waals surface area contributed by atoms with E-state index in [0.717, 1.165) is 0 Å². The van der Waals surface area contributed by atoms with Crippen molar-refractivity contribution in [1.82, 2.24) is 0 Å². The molecule has 0 spiro atoms. The van der Waals surface area contributed by atoms with Gasteiger partial charge in [0.2, 0.25) is 6.29 Å². The largest absolute Gasteiger partial charge is 0.508 e. The first-order chi connectivity index (χ1) is 9.02. The van der Waals surface area contributed by atoms with Crippen molar-refractivity contribution in [3.05, 3.63) is 24.3 Å². The third-order valence-electron chi connectivity index (χ3n) is 2.94. The minimum Gasteiger partial charge on any atom is -0.508 e. The fourth-order valence-electron chi connectivity index (χ4n) is 1.82. The predicted octanol–water partition coefficient (Wildman–Crippen LogP) is -2.25. The molecule has 0 aromatic heterocycles. The molecule has 1 saturated heterocycles. The maximum Gasteiger partial charge on any atom is 0.229 e. The van der Waals surface area contributed by atoms with Crippen LogP contribution in [-0.2, 0) is 4.74 Å². The van der Waals surface area contributed by atoms with E-state index >= 15 is 0 Å². The smallest absolute Gasteiger partial charge is 0.229 e. The lowest BCUT2D eigenvalue weighted by atomic mass is 9.99. The van der Waals surface area contributed by atoms with Crippen molar-refractivity contribution in [2.75, 3.05) is 6.61 Å². The highest BCUT2D eigenvalue weighted by Crippen LogP contribution is 2.25. The summed E-state index contributed by atoms with van der Waals surface area (Å²) in [7, 11) is 0. The van der Waals surface area contributed by atoms with E-state index in [0.29, 0.717) is 5.75 Å². The summed E-state index contributed by atoms with van der Waals surface area (Å²) in [5, 5.41) is 47.1. The van der Waals surface area contributed by atoms with Crippen molar-refractivity contribution in [3.63, 3.8) is 0 Å². The zero-order valence-corrected chi connectivity index (χ0v) is 10.5. The Kier molecular flexibility index (Phi) is 5.69. The van der Waals surface area contributed by atoms with Crippen LogP contribution >= 0.6 is 0 Å². The highest BCUT2D eigenvalue weighted by Gasteiger charge is 2.44. The molecule has 1 aromatic carbocycles. The Morgan fingerprint density at radius 2 is 1.60 bits per heavy atom. The van der Waals surface area contributed by atoms with Crippen LogP contribution in [0.1, 0.15) is 0 Å². The molecule has 20 heavy (non-hydrogen) atoms. The number of aliphatic hydroxyl groups excluding tert-OH is 4. The van der Waals surface area contributed by atoms with Gasteiger partial charge in [-0.05, 0) is 24.3 Å². The van der Waals surface area contributed by atoms with Crippen LogP contribution in [0.5, 0.6) is 11.5 Å². The fraction of sp³-hybridized carbons (Fsp3) is 0.500. The maximum atomic E-state index is 9.75. The van der Waals surface area contributed by atoms with E-state index in [9.17, 15) is 15.3 Å². The molecular weight excluding hydrogens is 272 g/mol. The minimum absolute atomic E-state index is 0. The zero-order chi connectivity index (χ0) is 14.0. The van der Waals surface area contributed by atoms with Crippen molar-refractivity contribution in [2.24, 2.45) is 0 Å². The summed E-state index contributed by atoms with van der Waals surface area (Å²) in [6.07, 6.45) is -6.58. The fourth-order valence-corrected chi connectivity index (χ4v) is 1.82. The van der Waals surface area contributed by atoms with Crippen molar-refractivity contribution in [3.8, 4) is 11.5 Å². The molecule has 7 N–H and O–H groups in total. The van der Waals surface area contributed by atoms with Crippen molar-refractivity contribution in [1.29, 1.82) is 0 Å². The molecule has 1 fully saturated rings. The topological polar surface area (TPSA) is 151 Å². The third-order valence-corrected chi connectivity index (χ3v) is 2.94. The lowest BCUT2D eigenvalue weighted by molar-refractivity contribution is -0.277. The van der Waals surface area contributed by atoms with Crippen LogP contribution in [0.4, 0.5) is 0 Å². The van der Waals surface area contributed by atoms with Crippen LogP contribution in [0.2, 0.25) is 0 Å². The number of aliphatic hydroxyl groups is 4. The number of rotatable bonds is 3. The first-order valence-electron chi connectivity index (χ1n) is 5.79. The van der Waals surface area contributed by atoms with E-state index in [4.69, 9.17) is 19.7 Å². The van der Waals surface area contributed by atoms with Gasteiger partial charge in [0.15, 0.2) is 0 Å². The number of phenolic OH excluding ortho intramolecular Hbond substituents is 1. The van der Waals surface area contributed by atoms with Crippen LogP contribution in [0.25, 0.3) is 0 Å². The molecule has 8 nitrogen and oxygen atoms in total. The molecule has 0 amide bonds. The number of aromatic hydroxyl groups is 1. The SMILES string of the molecule is O.OC[C@H]1O[C@@H](Oc2ccc(O)cc2)[C@H](O)[C@@H](O)[C@@H]1O. The van der Waals surface area contributed by atoms with Crippen LogP contribution in [0.3, 0.4) is 0 Å². The molecule has 0 aliphatic carbocycles. The molecule has 0 radical (unpaired) electrons. The second-order valence-corrected chi connectivity index (χ2v) is 4.31. The monoisotopic (exact) mass is 290 g/mol. The Bertz CT molecular complexity index is 406.